The summed E-state index contributed by atoms with van der Waals surface area (Å²) < 4.78 is 13.3. The monoisotopic (exact) mass is 531 g/mol. The summed E-state index contributed by atoms with van der Waals surface area (Å²) in [6.45, 7) is 1.61. The lowest BCUT2D eigenvalue weighted by molar-refractivity contribution is -0.142. The van der Waals surface area contributed by atoms with Gasteiger partial charge in [-0.05, 0) is 78.8 Å². The zero-order chi connectivity index (χ0) is 27.8. The second-order valence-corrected chi connectivity index (χ2v) is 10.0. The first kappa shape index (κ1) is 27.8. The predicted molar refractivity (Wildman–Crippen MR) is 150 cm³/mol. The Labute approximate surface area is 228 Å². The molecule has 0 saturated heterocycles. The van der Waals surface area contributed by atoms with Crippen LogP contribution in [0.4, 0.5) is 20.6 Å². The number of carboxylic acids is 1. The molecule has 1 aliphatic rings. The van der Waals surface area contributed by atoms with Gasteiger partial charge in [0.1, 0.15) is 0 Å². The minimum absolute atomic E-state index is 0.258. The van der Waals surface area contributed by atoms with Crippen LogP contribution in [-0.4, -0.2) is 35.7 Å². The van der Waals surface area contributed by atoms with Crippen molar-refractivity contribution in [3.8, 4) is 0 Å². The van der Waals surface area contributed by atoms with Gasteiger partial charge in [-0.1, -0.05) is 55.7 Å². The third-order valence-corrected chi connectivity index (χ3v) is 7.06. The summed E-state index contributed by atoms with van der Waals surface area (Å²) in [5.41, 5.74) is 4.84. The maximum atomic E-state index is 13.5. The number of aryl methyl sites for hydroxylation is 1. The van der Waals surface area contributed by atoms with Crippen molar-refractivity contribution < 1.29 is 23.9 Å². The van der Waals surface area contributed by atoms with Crippen molar-refractivity contribution in [2.24, 2.45) is 0 Å². The Balaban J connectivity index is 1.51. The highest BCUT2D eigenvalue weighted by Gasteiger charge is 2.20. The molecule has 1 unspecified atom stereocenters. The zero-order valence-electron chi connectivity index (χ0n) is 22.0. The highest BCUT2D eigenvalue weighted by Crippen LogP contribution is 2.33. The lowest BCUT2D eigenvalue weighted by Crippen LogP contribution is -2.35. The van der Waals surface area contributed by atoms with Crippen molar-refractivity contribution in [2.75, 3.05) is 16.8 Å². The standard InChI is InChI=1S/C31H34FN3O4/c1-21-6-5-9-26(18-21)34-31(39)35(27-16-14-24(15-17-27)23-7-3-2-4-8-23)20-22-10-12-25(13-11-22)29(36)33-19-28(32)30(37)38/h5-6,9-18,23,28H,2-4,7-8,19-20H2,1H3,(H,33,36)(H,34,39)(H,37,38). The number of urea groups is 1. The van der Waals surface area contributed by atoms with Gasteiger partial charge in [0.25, 0.3) is 5.91 Å². The summed E-state index contributed by atoms with van der Waals surface area (Å²) in [6, 6.07) is 22.1. The Morgan fingerprint density at radius 1 is 0.974 bits per heavy atom. The molecule has 1 aliphatic carbocycles. The molecule has 0 bridgehead atoms. The van der Waals surface area contributed by atoms with Gasteiger partial charge in [0.2, 0.25) is 6.17 Å². The molecule has 0 aromatic heterocycles. The summed E-state index contributed by atoms with van der Waals surface area (Å²) in [7, 11) is 0. The van der Waals surface area contributed by atoms with Gasteiger partial charge in [0.05, 0.1) is 13.1 Å². The van der Waals surface area contributed by atoms with Crippen LogP contribution in [0.3, 0.4) is 0 Å². The molecule has 3 amide bonds. The lowest BCUT2D eigenvalue weighted by Gasteiger charge is -2.26. The fourth-order valence-electron chi connectivity index (χ4n) is 4.87. The number of nitrogens with zero attached hydrogens (tertiary/aromatic N) is 1. The minimum Gasteiger partial charge on any atom is -0.479 e. The average Bonchev–Trinajstić information content (AvgIpc) is 2.95. The van der Waals surface area contributed by atoms with E-state index in [0.29, 0.717) is 11.6 Å². The molecule has 0 heterocycles. The lowest BCUT2D eigenvalue weighted by atomic mass is 9.84. The molecule has 7 nitrogen and oxygen atoms in total. The number of hydrogen-bond acceptors (Lipinski definition) is 3. The third-order valence-electron chi connectivity index (χ3n) is 7.06. The molecule has 204 valence electrons. The number of halogens is 1. The Kier molecular flexibility index (Phi) is 9.31. The van der Waals surface area contributed by atoms with Crippen LogP contribution in [-0.2, 0) is 11.3 Å². The van der Waals surface area contributed by atoms with Crippen molar-refractivity contribution in [2.45, 2.75) is 57.7 Å². The Morgan fingerprint density at radius 2 is 1.67 bits per heavy atom. The minimum atomic E-state index is -2.17. The number of carbonyl (C=O) groups is 3. The molecule has 0 aliphatic heterocycles. The number of alkyl halides is 1. The predicted octanol–water partition coefficient (Wildman–Crippen LogP) is 6.43. The Bertz CT molecular complexity index is 1290. The topological polar surface area (TPSA) is 98.7 Å². The number of benzene rings is 3. The van der Waals surface area contributed by atoms with E-state index in [9.17, 15) is 18.8 Å². The number of carbonyl (C=O) groups excluding carboxylic acids is 2. The first-order chi connectivity index (χ1) is 18.8. The molecule has 39 heavy (non-hydrogen) atoms. The van der Waals surface area contributed by atoms with Crippen LogP contribution in [0.5, 0.6) is 0 Å². The molecule has 3 aromatic rings. The van der Waals surface area contributed by atoms with E-state index in [0.717, 1.165) is 16.8 Å². The van der Waals surface area contributed by atoms with E-state index in [-0.39, 0.29) is 18.1 Å². The van der Waals surface area contributed by atoms with E-state index >= 15 is 0 Å². The number of rotatable bonds is 9. The number of carboxylic acid groups (broad SMARTS) is 1. The zero-order valence-corrected chi connectivity index (χ0v) is 22.0. The number of anilines is 2. The molecule has 1 saturated carbocycles. The van der Waals surface area contributed by atoms with Crippen molar-refractivity contribution in [3.05, 3.63) is 95.1 Å². The second-order valence-electron chi connectivity index (χ2n) is 10.0. The van der Waals surface area contributed by atoms with E-state index in [4.69, 9.17) is 5.11 Å². The summed E-state index contributed by atoms with van der Waals surface area (Å²) in [4.78, 5) is 38.0. The van der Waals surface area contributed by atoms with E-state index in [2.05, 4.69) is 22.8 Å². The van der Waals surface area contributed by atoms with E-state index in [1.54, 1.807) is 29.2 Å². The van der Waals surface area contributed by atoms with Gasteiger partial charge in [-0.25, -0.2) is 14.0 Å². The Hall–Kier alpha value is -4.20. The number of aliphatic carboxylic acids is 1. The largest absolute Gasteiger partial charge is 0.479 e. The first-order valence-corrected chi connectivity index (χ1v) is 13.3. The van der Waals surface area contributed by atoms with E-state index in [1.807, 2.05) is 43.3 Å². The van der Waals surface area contributed by atoms with Crippen molar-refractivity contribution in [3.63, 3.8) is 0 Å². The molecular weight excluding hydrogens is 497 g/mol. The van der Waals surface area contributed by atoms with Gasteiger partial charge >= 0.3 is 12.0 Å². The average molecular weight is 532 g/mol. The summed E-state index contributed by atoms with van der Waals surface area (Å²) >= 11 is 0. The van der Waals surface area contributed by atoms with Gasteiger partial charge < -0.3 is 15.7 Å². The molecular formula is C31H34FN3O4. The van der Waals surface area contributed by atoms with Crippen LogP contribution < -0.4 is 15.5 Å². The fourth-order valence-corrected chi connectivity index (χ4v) is 4.87. The normalized spacial score (nSPS) is 14.3. The quantitative estimate of drug-likeness (QED) is 0.296. The van der Waals surface area contributed by atoms with Crippen molar-refractivity contribution >= 4 is 29.3 Å². The summed E-state index contributed by atoms with van der Waals surface area (Å²) in [6.07, 6.45) is 4.01. The van der Waals surface area contributed by atoms with Crippen molar-refractivity contribution in [1.82, 2.24) is 5.32 Å². The molecule has 0 spiro atoms. The molecule has 1 fully saturated rings. The smallest absolute Gasteiger partial charge is 0.340 e. The Morgan fingerprint density at radius 3 is 2.31 bits per heavy atom. The van der Waals surface area contributed by atoms with Crippen LogP contribution in [0, 0.1) is 6.92 Å². The molecule has 4 rings (SSSR count). The van der Waals surface area contributed by atoms with Crippen LogP contribution in [0.25, 0.3) is 0 Å². The number of nitrogens with one attached hydrogen (secondary N) is 2. The molecule has 0 radical (unpaired) electrons. The summed E-state index contributed by atoms with van der Waals surface area (Å²) in [5.74, 6) is -1.64. The SMILES string of the molecule is Cc1cccc(NC(=O)N(Cc2ccc(C(=O)NCC(F)C(=O)O)cc2)c2ccc(C3CCCCC3)cc2)c1. The maximum absolute atomic E-state index is 13.5. The number of hydrogen-bond donors (Lipinski definition) is 3. The number of amides is 3. The molecule has 1 atom stereocenters. The van der Waals surface area contributed by atoms with Crippen LogP contribution in [0.1, 0.15) is 65.1 Å². The maximum Gasteiger partial charge on any atom is 0.340 e. The van der Waals surface area contributed by atoms with Gasteiger partial charge in [0.15, 0.2) is 0 Å². The fraction of sp³-hybridized carbons (Fsp3) is 0.323. The first-order valence-electron chi connectivity index (χ1n) is 13.3. The van der Waals surface area contributed by atoms with Gasteiger partial charge in [-0.2, -0.15) is 0 Å². The van der Waals surface area contributed by atoms with E-state index in [1.165, 1.54) is 37.7 Å². The van der Waals surface area contributed by atoms with Gasteiger partial charge in [0, 0.05) is 16.9 Å². The molecule has 8 heteroatoms. The molecule has 3 N–H and O–H groups in total. The van der Waals surface area contributed by atoms with Crippen LogP contribution >= 0.6 is 0 Å². The highest BCUT2D eigenvalue weighted by molar-refractivity contribution is 6.01. The second kappa shape index (κ2) is 13.0. The third kappa shape index (κ3) is 7.66. The van der Waals surface area contributed by atoms with Gasteiger partial charge in [-0.15, -0.1) is 0 Å². The van der Waals surface area contributed by atoms with Crippen LogP contribution in [0.15, 0.2) is 72.8 Å². The summed E-state index contributed by atoms with van der Waals surface area (Å²) in [5, 5.41) is 13.9. The van der Waals surface area contributed by atoms with E-state index < -0.39 is 24.6 Å². The van der Waals surface area contributed by atoms with Crippen LogP contribution in [0.2, 0.25) is 0 Å². The highest BCUT2D eigenvalue weighted by atomic mass is 19.1. The van der Waals surface area contributed by atoms with Crippen molar-refractivity contribution in [1.29, 1.82) is 0 Å². The van der Waals surface area contributed by atoms with Gasteiger partial charge in [-0.3, -0.25) is 9.69 Å². The molecule has 3 aromatic carbocycles.